The third-order valence-corrected chi connectivity index (χ3v) is 6.21. The van der Waals surface area contributed by atoms with Gasteiger partial charge in [-0.25, -0.2) is 0 Å². The number of aliphatic hydroxyl groups excluding tert-OH is 1. The minimum Gasteiger partial charge on any atom is -0.507 e. The van der Waals surface area contributed by atoms with E-state index in [-0.39, 0.29) is 35.3 Å². The minimum atomic E-state index is -1.01. The van der Waals surface area contributed by atoms with Gasteiger partial charge in [-0.05, 0) is 44.9 Å². The molecule has 0 spiro atoms. The first-order valence-electron chi connectivity index (χ1n) is 9.74. The molecule has 0 radical (unpaired) electrons. The second-order valence-corrected chi connectivity index (χ2v) is 7.99. The van der Waals surface area contributed by atoms with Crippen molar-refractivity contribution in [3.05, 3.63) is 46.5 Å². The van der Waals surface area contributed by atoms with Gasteiger partial charge in [0.1, 0.15) is 24.0 Å². The lowest BCUT2D eigenvalue weighted by Gasteiger charge is -2.31. The van der Waals surface area contributed by atoms with Crippen LogP contribution in [0, 0.1) is 0 Å². The van der Waals surface area contributed by atoms with Crippen LogP contribution in [0.2, 0.25) is 0 Å². The monoisotopic (exact) mass is 395 g/mol. The molecule has 5 rings (SSSR count). The zero-order valence-corrected chi connectivity index (χ0v) is 16.1. The number of allylic oxidation sites excluding steroid dienone is 2. The Morgan fingerprint density at radius 1 is 1.38 bits per heavy atom. The second-order valence-electron chi connectivity index (χ2n) is 7.99. The Morgan fingerprint density at radius 3 is 2.83 bits per heavy atom. The Bertz CT molecular complexity index is 1170. The summed E-state index contributed by atoms with van der Waals surface area (Å²) in [5.41, 5.74) is 3.08. The second kappa shape index (κ2) is 5.97. The van der Waals surface area contributed by atoms with Crippen molar-refractivity contribution in [3.8, 4) is 5.75 Å². The largest absolute Gasteiger partial charge is 0.507 e. The molecule has 3 N–H and O–H groups in total. The summed E-state index contributed by atoms with van der Waals surface area (Å²) < 4.78 is 7.80. The summed E-state index contributed by atoms with van der Waals surface area (Å²) >= 11 is 0. The first-order chi connectivity index (χ1) is 13.8. The summed E-state index contributed by atoms with van der Waals surface area (Å²) in [5.74, 6) is -1.11. The van der Waals surface area contributed by atoms with E-state index in [2.05, 4.69) is 4.57 Å². The van der Waals surface area contributed by atoms with Crippen LogP contribution in [0.4, 0.5) is 0 Å². The van der Waals surface area contributed by atoms with Gasteiger partial charge in [0.15, 0.2) is 5.78 Å². The van der Waals surface area contributed by atoms with Gasteiger partial charge < -0.3 is 24.6 Å². The van der Waals surface area contributed by atoms with Crippen LogP contribution in [0.1, 0.15) is 54.5 Å². The van der Waals surface area contributed by atoms with Crippen molar-refractivity contribution >= 4 is 28.1 Å². The van der Waals surface area contributed by atoms with E-state index in [4.69, 9.17) is 4.74 Å². The Hall–Kier alpha value is -3.06. The number of carbonyl (C=O) groups excluding carboxylic acids is 1. The molecule has 1 aromatic carbocycles. The van der Waals surface area contributed by atoms with Gasteiger partial charge in [-0.3, -0.25) is 9.59 Å². The highest BCUT2D eigenvalue weighted by molar-refractivity contribution is 6.28. The topological polar surface area (TPSA) is 109 Å². The number of carbonyl (C=O) groups is 2. The number of phenols is 1. The summed E-state index contributed by atoms with van der Waals surface area (Å²) in [6.07, 6.45) is 1.66. The molecule has 0 unspecified atom stereocenters. The number of aryl methyl sites for hydroxylation is 1. The molecule has 1 aliphatic carbocycles. The average molecular weight is 395 g/mol. The number of carboxylic acid groups (broad SMARTS) is 1. The predicted molar refractivity (Wildman–Crippen MR) is 105 cm³/mol. The molecule has 29 heavy (non-hydrogen) atoms. The molecule has 2 aliphatic heterocycles. The maximum atomic E-state index is 13.3. The fourth-order valence-electron chi connectivity index (χ4n) is 5.11. The van der Waals surface area contributed by atoms with Gasteiger partial charge in [-0.15, -0.1) is 0 Å². The SMILES string of the molecule is C[C@@H]1OC(CC(=O)O)=CC2=C1C(=O)c1c(O)ccc3c4n(c2c13)[C@H]([C@@H](C)O)CC4. The number of aliphatic carboxylic acids is 1. The third-order valence-electron chi connectivity index (χ3n) is 6.21. The molecule has 7 heteroatoms. The molecule has 0 saturated carbocycles. The van der Waals surface area contributed by atoms with Crippen molar-refractivity contribution in [2.45, 2.75) is 51.4 Å². The lowest BCUT2D eigenvalue weighted by Crippen LogP contribution is -2.28. The number of carboxylic acids is 1. The lowest BCUT2D eigenvalue weighted by molar-refractivity contribution is -0.137. The molecule has 3 heterocycles. The van der Waals surface area contributed by atoms with E-state index in [0.717, 1.165) is 29.6 Å². The zero-order valence-electron chi connectivity index (χ0n) is 16.1. The maximum Gasteiger partial charge on any atom is 0.311 e. The Labute approximate surface area is 166 Å². The Balaban J connectivity index is 1.88. The van der Waals surface area contributed by atoms with Gasteiger partial charge in [0.2, 0.25) is 0 Å². The lowest BCUT2D eigenvalue weighted by atomic mass is 9.82. The summed E-state index contributed by atoms with van der Waals surface area (Å²) in [5, 5.41) is 31.7. The molecule has 3 atom stereocenters. The average Bonchev–Trinajstić information content (AvgIpc) is 3.18. The highest BCUT2D eigenvalue weighted by atomic mass is 16.5. The summed E-state index contributed by atoms with van der Waals surface area (Å²) in [6.45, 7) is 3.46. The number of benzene rings is 1. The first kappa shape index (κ1) is 18.0. The van der Waals surface area contributed by atoms with Crippen LogP contribution in [0.5, 0.6) is 5.75 Å². The first-order valence-corrected chi connectivity index (χ1v) is 9.74. The van der Waals surface area contributed by atoms with Gasteiger partial charge >= 0.3 is 5.97 Å². The van der Waals surface area contributed by atoms with Crippen molar-refractivity contribution in [1.29, 1.82) is 0 Å². The van der Waals surface area contributed by atoms with Crippen LogP contribution in [-0.2, 0) is 16.0 Å². The number of nitrogens with zero attached hydrogens (tertiary/aromatic N) is 1. The number of aromatic hydroxyl groups is 1. The number of hydrogen-bond acceptors (Lipinski definition) is 5. The smallest absolute Gasteiger partial charge is 0.311 e. The highest BCUT2D eigenvalue weighted by Gasteiger charge is 2.41. The number of aliphatic hydroxyl groups is 1. The fourth-order valence-corrected chi connectivity index (χ4v) is 5.11. The molecule has 0 amide bonds. The summed E-state index contributed by atoms with van der Waals surface area (Å²) in [7, 11) is 0. The number of hydrogen-bond donors (Lipinski definition) is 3. The van der Waals surface area contributed by atoms with Crippen LogP contribution in [0.3, 0.4) is 0 Å². The molecular weight excluding hydrogens is 374 g/mol. The van der Waals surface area contributed by atoms with E-state index in [1.165, 1.54) is 0 Å². The van der Waals surface area contributed by atoms with E-state index < -0.39 is 18.2 Å². The number of fused-ring (bicyclic) bond motifs is 4. The number of rotatable bonds is 3. The third kappa shape index (κ3) is 2.34. The van der Waals surface area contributed by atoms with Crippen molar-refractivity contribution in [3.63, 3.8) is 0 Å². The van der Waals surface area contributed by atoms with Crippen LogP contribution in [0.15, 0.2) is 29.5 Å². The van der Waals surface area contributed by atoms with Gasteiger partial charge in [0, 0.05) is 27.6 Å². The Morgan fingerprint density at radius 2 is 2.14 bits per heavy atom. The number of ketones is 1. The maximum absolute atomic E-state index is 13.3. The van der Waals surface area contributed by atoms with Gasteiger partial charge in [0.25, 0.3) is 0 Å². The number of phenolic OH excluding ortho intramolecular Hbond substituents is 1. The van der Waals surface area contributed by atoms with Crippen molar-refractivity contribution in [2.75, 3.05) is 0 Å². The molecule has 2 aromatic rings. The minimum absolute atomic E-state index is 0.0827. The van der Waals surface area contributed by atoms with Gasteiger partial charge in [-0.1, -0.05) is 0 Å². The number of Topliss-reactive ketones (excluding diaryl/α,β-unsaturated/α-hetero) is 1. The molecular formula is C22H21NO6. The van der Waals surface area contributed by atoms with E-state index in [1.807, 2.05) is 6.07 Å². The van der Waals surface area contributed by atoms with Crippen LogP contribution < -0.4 is 0 Å². The molecule has 0 fully saturated rings. The quantitative estimate of drug-likeness (QED) is 0.737. The molecule has 3 aliphatic rings. The molecule has 7 nitrogen and oxygen atoms in total. The molecule has 150 valence electrons. The normalized spacial score (nSPS) is 23.6. The van der Waals surface area contributed by atoms with E-state index in [0.29, 0.717) is 16.5 Å². The van der Waals surface area contributed by atoms with E-state index in [1.54, 1.807) is 26.0 Å². The van der Waals surface area contributed by atoms with Crippen LogP contribution in [-0.4, -0.2) is 43.8 Å². The van der Waals surface area contributed by atoms with E-state index >= 15 is 0 Å². The fraction of sp³-hybridized carbons (Fsp3) is 0.364. The van der Waals surface area contributed by atoms with Crippen LogP contribution >= 0.6 is 0 Å². The molecule has 0 saturated heterocycles. The van der Waals surface area contributed by atoms with E-state index in [9.17, 15) is 24.9 Å². The molecule has 0 bridgehead atoms. The van der Waals surface area contributed by atoms with Gasteiger partial charge in [0.05, 0.1) is 23.4 Å². The van der Waals surface area contributed by atoms with Crippen molar-refractivity contribution in [1.82, 2.24) is 4.57 Å². The zero-order chi connectivity index (χ0) is 20.6. The Kier molecular flexibility index (Phi) is 3.70. The predicted octanol–water partition coefficient (Wildman–Crippen LogP) is 2.94. The highest BCUT2D eigenvalue weighted by Crippen LogP contribution is 2.50. The van der Waals surface area contributed by atoms with Crippen LogP contribution in [0.25, 0.3) is 16.3 Å². The van der Waals surface area contributed by atoms with Crippen molar-refractivity contribution in [2.24, 2.45) is 0 Å². The number of aromatic nitrogens is 1. The number of ether oxygens (including phenoxy) is 1. The summed E-state index contributed by atoms with van der Waals surface area (Å²) in [6, 6.07) is 3.21. The van der Waals surface area contributed by atoms with Crippen molar-refractivity contribution < 1.29 is 29.6 Å². The van der Waals surface area contributed by atoms with Gasteiger partial charge in [-0.2, -0.15) is 0 Å². The summed E-state index contributed by atoms with van der Waals surface area (Å²) in [4.78, 5) is 24.6. The molecule has 1 aromatic heterocycles. The standard InChI is InChI=1S/C22H21NO6/c1-9(24)14-4-5-15-12-3-6-16(25)20-19(12)21(23(14)15)13-7-11(8-17(26)27)29-10(2)18(13)22(20)28/h3,6-7,9-10,14,24-25H,4-5,8H2,1-2H3,(H,26,27)/t9-,10+,14+/m1/s1.